The Hall–Kier alpha value is -2.35. The molecule has 0 fully saturated rings. The molecule has 0 aliphatic heterocycles. The molecular formula is C23H28O2. The number of carbonyl (C=O) groups is 1. The van der Waals surface area contributed by atoms with E-state index < -0.39 is 5.97 Å². The maximum Gasteiger partial charge on any atom is 0.338 e. The number of unbranched alkanes of at least 4 members (excludes halogenated alkanes) is 4. The van der Waals surface area contributed by atoms with Gasteiger partial charge in [0.2, 0.25) is 0 Å². The van der Waals surface area contributed by atoms with E-state index in [9.17, 15) is 4.79 Å². The first kappa shape index (κ1) is 19.0. The molecule has 0 radical (unpaired) electrons. The van der Waals surface area contributed by atoms with Gasteiger partial charge in [-0.2, -0.15) is 0 Å². The van der Waals surface area contributed by atoms with Crippen molar-refractivity contribution >= 4 is 5.97 Å². The van der Waals surface area contributed by atoms with E-state index in [1.54, 1.807) is 6.92 Å². The molecule has 0 bridgehead atoms. The Balaban J connectivity index is 1.91. The first-order valence-electron chi connectivity index (χ1n) is 9.17. The van der Waals surface area contributed by atoms with Gasteiger partial charge in [-0.05, 0) is 48.6 Å². The highest BCUT2D eigenvalue weighted by atomic mass is 16.5. The van der Waals surface area contributed by atoms with Crippen molar-refractivity contribution in [2.45, 2.75) is 52.4 Å². The largest absolute Gasteiger partial charge is 0.423 e. The van der Waals surface area contributed by atoms with E-state index >= 15 is 0 Å². The Morgan fingerprint density at radius 1 is 0.880 bits per heavy atom. The zero-order valence-corrected chi connectivity index (χ0v) is 15.4. The van der Waals surface area contributed by atoms with Crippen LogP contribution in [0, 0.1) is 0 Å². The van der Waals surface area contributed by atoms with Crippen molar-refractivity contribution in [2.75, 3.05) is 0 Å². The predicted molar refractivity (Wildman–Crippen MR) is 105 cm³/mol. The van der Waals surface area contributed by atoms with Gasteiger partial charge in [0.1, 0.15) is 5.75 Å². The van der Waals surface area contributed by atoms with Crippen LogP contribution in [0.1, 0.15) is 51.5 Å². The Morgan fingerprint density at radius 2 is 1.44 bits per heavy atom. The third kappa shape index (κ3) is 6.22. The monoisotopic (exact) mass is 336 g/mol. The second kappa shape index (κ2) is 9.83. The Kier molecular flexibility index (Phi) is 7.46. The minimum absolute atomic E-state index is 0.393. The van der Waals surface area contributed by atoms with E-state index in [1.165, 1.54) is 43.2 Å². The van der Waals surface area contributed by atoms with Gasteiger partial charge in [0, 0.05) is 5.57 Å². The van der Waals surface area contributed by atoms with Crippen molar-refractivity contribution in [1.82, 2.24) is 0 Å². The van der Waals surface area contributed by atoms with E-state index in [0.717, 1.165) is 12.0 Å². The maximum absolute atomic E-state index is 11.5. The number of aryl methyl sites for hydroxylation is 1. The first-order chi connectivity index (χ1) is 12.1. The SMILES string of the molecule is C=C(C)C(=O)Oc1ccc(-c2ccc(CCCCCCC)cc2)cc1. The third-order valence-electron chi connectivity index (χ3n) is 4.27. The highest BCUT2D eigenvalue weighted by Crippen LogP contribution is 2.23. The molecule has 2 heteroatoms. The fraction of sp³-hybridized carbons (Fsp3) is 0.348. The molecule has 0 heterocycles. The van der Waals surface area contributed by atoms with Crippen LogP contribution in [-0.4, -0.2) is 5.97 Å². The molecule has 0 unspecified atom stereocenters. The topological polar surface area (TPSA) is 26.3 Å². The normalized spacial score (nSPS) is 10.5. The van der Waals surface area contributed by atoms with Crippen molar-refractivity contribution in [3.8, 4) is 16.9 Å². The Morgan fingerprint density at radius 3 is 2.00 bits per heavy atom. The van der Waals surface area contributed by atoms with Gasteiger partial charge in [-0.25, -0.2) is 4.79 Å². The molecule has 132 valence electrons. The lowest BCUT2D eigenvalue weighted by Crippen LogP contribution is -2.07. The molecule has 2 aromatic rings. The zero-order valence-electron chi connectivity index (χ0n) is 15.4. The molecule has 25 heavy (non-hydrogen) atoms. The quantitative estimate of drug-likeness (QED) is 0.231. The molecule has 0 aliphatic carbocycles. The van der Waals surface area contributed by atoms with E-state index in [-0.39, 0.29) is 0 Å². The molecule has 0 atom stereocenters. The van der Waals surface area contributed by atoms with Crippen LogP contribution in [0.3, 0.4) is 0 Å². The molecule has 0 spiro atoms. The van der Waals surface area contributed by atoms with Gasteiger partial charge < -0.3 is 4.74 Å². The molecule has 0 aliphatic rings. The summed E-state index contributed by atoms with van der Waals surface area (Å²) in [6.45, 7) is 7.47. The summed E-state index contributed by atoms with van der Waals surface area (Å²) in [6.07, 6.45) is 7.72. The van der Waals surface area contributed by atoms with Crippen LogP contribution in [0.5, 0.6) is 5.75 Å². The first-order valence-corrected chi connectivity index (χ1v) is 9.17. The molecule has 0 saturated heterocycles. The molecule has 2 aromatic carbocycles. The lowest BCUT2D eigenvalue weighted by Gasteiger charge is -2.07. The van der Waals surface area contributed by atoms with Gasteiger partial charge in [-0.1, -0.05) is 75.6 Å². The molecule has 0 N–H and O–H groups in total. The van der Waals surface area contributed by atoms with Gasteiger partial charge >= 0.3 is 5.97 Å². The Bertz CT molecular complexity index is 681. The standard InChI is InChI=1S/C23H28O2/c1-4-5-6-7-8-9-19-10-12-20(13-11-19)21-14-16-22(17-15-21)25-23(24)18(2)3/h10-17H,2,4-9H2,1,3H3. The number of esters is 1. The number of ether oxygens (including phenoxy) is 1. The minimum Gasteiger partial charge on any atom is -0.423 e. The zero-order chi connectivity index (χ0) is 18.1. The van der Waals surface area contributed by atoms with Crippen molar-refractivity contribution in [3.05, 3.63) is 66.2 Å². The van der Waals surface area contributed by atoms with Crippen molar-refractivity contribution < 1.29 is 9.53 Å². The van der Waals surface area contributed by atoms with Crippen molar-refractivity contribution in [3.63, 3.8) is 0 Å². The average molecular weight is 336 g/mol. The molecule has 0 amide bonds. The van der Waals surface area contributed by atoms with Crippen LogP contribution in [0.15, 0.2) is 60.7 Å². The van der Waals surface area contributed by atoms with E-state index in [1.807, 2.05) is 24.3 Å². The number of hydrogen-bond donors (Lipinski definition) is 0. The summed E-state index contributed by atoms with van der Waals surface area (Å²) in [5, 5.41) is 0. The molecule has 0 aromatic heterocycles. The number of carbonyl (C=O) groups excluding carboxylic acids is 1. The summed E-state index contributed by atoms with van der Waals surface area (Å²) in [5.74, 6) is 0.150. The second-order valence-electron chi connectivity index (χ2n) is 6.56. The fourth-order valence-corrected chi connectivity index (χ4v) is 2.71. The lowest BCUT2D eigenvalue weighted by atomic mass is 10.0. The lowest BCUT2D eigenvalue weighted by molar-refractivity contribution is -0.130. The van der Waals surface area contributed by atoms with Crippen LogP contribution < -0.4 is 4.74 Å². The number of benzene rings is 2. The summed E-state index contributed by atoms with van der Waals surface area (Å²) in [4.78, 5) is 11.5. The van der Waals surface area contributed by atoms with Gasteiger partial charge in [0.25, 0.3) is 0 Å². The summed E-state index contributed by atoms with van der Waals surface area (Å²) in [6, 6.07) is 16.3. The van der Waals surface area contributed by atoms with E-state index in [2.05, 4.69) is 37.8 Å². The van der Waals surface area contributed by atoms with Crippen LogP contribution in [0.2, 0.25) is 0 Å². The Labute approximate surface area is 151 Å². The van der Waals surface area contributed by atoms with Gasteiger partial charge in [0.15, 0.2) is 0 Å². The summed E-state index contributed by atoms with van der Waals surface area (Å²) >= 11 is 0. The highest BCUT2D eigenvalue weighted by molar-refractivity contribution is 5.88. The van der Waals surface area contributed by atoms with E-state index in [4.69, 9.17) is 4.74 Å². The molecule has 2 nitrogen and oxygen atoms in total. The molecular weight excluding hydrogens is 308 g/mol. The van der Waals surface area contributed by atoms with Crippen LogP contribution in [-0.2, 0) is 11.2 Å². The summed E-state index contributed by atoms with van der Waals surface area (Å²) < 4.78 is 5.22. The third-order valence-corrected chi connectivity index (χ3v) is 4.27. The minimum atomic E-state index is -0.393. The fourth-order valence-electron chi connectivity index (χ4n) is 2.71. The predicted octanol–water partition coefficient (Wildman–Crippen LogP) is 6.35. The van der Waals surface area contributed by atoms with Gasteiger partial charge in [0.05, 0.1) is 0 Å². The molecule has 2 rings (SSSR count). The van der Waals surface area contributed by atoms with Crippen LogP contribution >= 0.6 is 0 Å². The van der Waals surface area contributed by atoms with Crippen molar-refractivity contribution in [1.29, 1.82) is 0 Å². The van der Waals surface area contributed by atoms with Gasteiger partial charge in [-0.15, -0.1) is 0 Å². The summed E-state index contributed by atoms with van der Waals surface area (Å²) in [7, 11) is 0. The van der Waals surface area contributed by atoms with Crippen LogP contribution in [0.25, 0.3) is 11.1 Å². The summed E-state index contributed by atoms with van der Waals surface area (Å²) in [5.41, 5.74) is 4.08. The number of rotatable bonds is 9. The second-order valence-corrected chi connectivity index (χ2v) is 6.56. The van der Waals surface area contributed by atoms with Gasteiger partial charge in [-0.3, -0.25) is 0 Å². The van der Waals surface area contributed by atoms with E-state index in [0.29, 0.717) is 11.3 Å². The number of hydrogen-bond acceptors (Lipinski definition) is 2. The smallest absolute Gasteiger partial charge is 0.338 e. The molecule has 0 saturated carbocycles. The van der Waals surface area contributed by atoms with Crippen LogP contribution in [0.4, 0.5) is 0 Å². The maximum atomic E-state index is 11.5. The highest BCUT2D eigenvalue weighted by Gasteiger charge is 2.05. The van der Waals surface area contributed by atoms with Crippen molar-refractivity contribution in [2.24, 2.45) is 0 Å². The average Bonchev–Trinajstić information content (AvgIpc) is 2.63.